The summed E-state index contributed by atoms with van der Waals surface area (Å²) in [4.78, 5) is 22.4. The first-order valence-electron chi connectivity index (χ1n) is 7.09. The van der Waals surface area contributed by atoms with Crippen LogP contribution >= 0.6 is 11.6 Å². The summed E-state index contributed by atoms with van der Waals surface area (Å²) in [5.41, 5.74) is -0.445. The van der Waals surface area contributed by atoms with Gasteiger partial charge >= 0.3 is 5.97 Å². The Bertz CT molecular complexity index is 777. The molecule has 0 amide bonds. The fraction of sp³-hybridized carbons (Fsp3) is 0.312. The molecule has 7 nitrogen and oxygen atoms in total. The van der Waals surface area contributed by atoms with E-state index in [2.05, 4.69) is 4.74 Å². The number of esters is 1. The number of nitro groups is 1. The highest BCUT2D eigenvalue weighted by Crippen LogP contribution is 2.35. The van der Waals surface area contributed by atoms with E-state index >= 15 is 0 Å². The van der Waals surface area contributed by atoms with Crippen molar-refractivity contribution < 1.29 is 23.9 Å². The van der Waals surface area contributed by atoms with Crippen LogP contribution < -0.4 is 9.47 Å². The van der Waals surface area contributed by atoms with Crippen molar-refractivity contribution in [2.45, 2.75) is 6.42 Å². The van der Waals surface area contributed by atoms with Crippen molar-refractivity contribution in [3.05, 3.63) is 39.9 Å². The van der Waals surface area contributed by atoms with E-state index in [9.17, 15) is 14.9 Å². The highest BCUT2D eigenvalue weighted by atomic mass is 35.5. The molecule has 2 aromatic carbocycles. The van der Waals surface area contributed by atoms with Gasteiger partial charge < -0.3 is 14.2 Å². The third-order valence-corrected chi connectivity index (χ3v) is 3.64. The zero-order valence-corrected chi connectivity index (χ0v) is 14.0. The molecule has 2 aromatic rings. The summed E-state index contributed by atoms with van der Waals surface area (Å²) < 4.78 is 15.5. The molecule has 24 heavy (non-hydrogen) atoms. The van der Waals surface area contributed by atoms with Gasteiger partial charge in [-0.2, -0.15) is 0 Å². The number of rotatable bonds is 7. The Morgan fingerprint density at radius 1 is 1.17 bits per heavy atom. The number of carbonyl (C=O) groups excluding carboxylic acids is 1. The fourth-order valence-electron chi connectivity index (χ4n) is 2.23. The van der Waals surface area contributed by atoms with Gasteiger partial charge in [0.15, 0.2) is 11.5 Å². The molecule has 0 aliphatic carbocycles. The Labute approximate surface area is 143 Å². The molecule has 0 unspecified atom stereocenters. The van der Waals surface area contributed by atoms with Crippen LogP contribution in [0.25, 0.3) is 10.8 Å². The molecule has 0 atom stereocenters. The van der Waals surface area contributed by atoms with Crippen molar-refractivity contribution in [2.24, 2.45) is 0 Å². The van der Waals surface area contributed by atoms with Crippen LogP contribution in [0.4, 0.5) is 5.69 Å². The number of ether oxygens (including phenoxy) is 3. The van der Waals surface area contributed by atoms with Crippen LogP contribution in [0.2, 0.25) is 0 Å². The minimum Gasteiger partial charge on any atom is -0.493 e. The van der Waals surface area contributed by atoms with Crippen molar-refractivity contribution in [3.8, 4) is 11.5 Å². The predicted octanol–water partition coefficient (Wildman–Crippen LogP) is 3.55. The van der Waals surface area contributed by atoms with Gasteiger partial charge in [0.1, 0.15) is 5.56 Å². The summed E-state index contributed by atoms with van der Waals surface area (Å²) in [5.74, 6) is 0.607. The predicted molar refractivity (Wildman–Crippen MR) is 89.3 cm³/mol. The van der Waals surface area contributed by atoms with Gasteiger partial charge in [-0.3, -0.25) is 10.1 Å². The van der Waals surface area contributed by atoms with Gasteiger partial charge in [-0.15, -0.1) is 11.6 Å². The number of hydrogen-bond acceptors (Lipinski definition) is 6. The van der Waals surface area contributed by atoms with Crippen molar-refractivity contribution in [1.82, 2.24) is 0 Å². The largest absolute Gasteiger partial charge is 0.493 e. The molecule has 0 N–H and O–H groups in total. The first-order chi connectivity index (χ1) is 11.5. The fourth-order valence-corrected chi connectivity index (χ4v) is 2.34. The Morgan fingerprint density at radius 3 is 2.42 bits per heavy atom. The monoisotopic (exact) mass is 353 g/mol. The topological polar surface area (TPSA) is 87.9 Å². The van der Waals surface area contributed by atoms with Gasteiger partial charge in [0.2, 0.25) is 0 Å². The van der Waals surface area contributed by atoms with E-state index in [1.165, 1.54) is 26.4 Å². The number of benzene rings is 2. The molecule has 0 heterocycles. The second-order valence-electron chi connectivity index (χ2n) is 4.86. The molecule has 0 spiro atoms. The highest BCUT2D eigenvalue weighted by Gasteiger charge is 2.22. The molecule has 0 saturated carbocycles. The molecule has 0 bridgehead atoms. The third-order valence-electron chi connectivity index (χ3n) is 3.37. The molecule has 0 saturated heterocycles. The SMILES string of the molecule is COC(=O)c1cc2cc(OCCCCl)c(OC)cc2cc1[N+](=O)[O-]. The van der Waals surface area contributed by atoms with Gasteiger partial charge in [-0.25, -0.2) is 4.79 Å². The quantitative estimate of drug-likeness (QED) is 0.249. The van der Waals surface area contributed by atoms with Crippen LogP contribution in [0, 0.1) is 10.1 Å². The van der Waals surface area contributed by atoms with Crippen LogP contribution in [0.15, 0.2) is 24.3 Å². The van der Waals surface area contributed by atoms with Crippen molar-refractivity contribution >= 4 is 34.0 Å². The van der Waals surface area contributed by atoms with Crippen molar-refractivity contribution in [1.29, 1.82) is 0 Å². The number of fused-ring (bicyclic) bond motifs is 1. The summed E-state index contributed by atoms with van der Waals surface area (Å²) in [6.07, 6.45) is 0.663. The molecule has 2 rings (SSSR count). The summed E-state index contributed by atoms with van der Waals surface area (Å²) in [7, 11) is 2.65. The lowest BCUT2D eigenvalue weighted by atomic mass is 10.0. The summed E-state index contributed by atoms with van der Waals surface area (Å²) >= 11 is 5.63. The first kappa shape index (κ1) is 17.8. The van der Waals surface area contributed by atoms with Gasteiger partial charge in [0.05, 0.1) is 25.7 Å². The molecule has 8 heteroatoms. The van der Waals surface area contributed by atoms with Crippen molar-refractivity contribution in [3.63, 3.8) is 0 Å². The summed E-state index contributed by atoms with van der Waals surface area (Å²) in [6, 6.07) is 6.01. The lowest BCUT2D eigenvalue weighted by molar-refractivity contribution is -0.385. The van der Waals surface area contributed by atoms with E-state index in [4.69, 9.17) is 21.1 Å². The second-order valence-corrected chi connectivity index (χ2v) is 5.24. The van der Waals surface area contributed by atoms with E-state index in [-0.39, 0.29) is 11.3 Å². The number of methoxy groups -OCH3 is 2. The van der Waals surface area contributed by atoms with Crippen LogP contribution in [0.5, 0.6) is 11.5 Å². The van der Waals surface area contributed by atoms with E-state index in [0.29, 0.717) is 41.2 Å². The minimum absolute atomic E-state index is 0.119. The number of nitro benzene ring substituents is 1. The highest BCUT2D eigenvalue weighted by molar-refractivity contribution is 6.17. The van der Waals surface area contributed by atoms with E-state index in [1.807, 2.05) is 0 Å². The molecule has 128 valence electrons. The van der Waals surface area contributed by atoms with Crippen molar-refractivity contribution in [2.75, 3.05) is 26.7 Å². The maximum atomic E-state index is 11.8. The average molecular weight is 354 g/mol. The number of halogens is 1. The van der Waals surface area contributed by atoms with Crippen LogP contribution in [0.3, 0.4) is 0 Å². The Kier molecular flexibility index (Phi) is 5.81. The number of alkyl halides is 1. The maximum Gasteiger partial charge on any atom is 0.344 e. The first-order valence-corrected chi connectivity index (χ1v) is 7.62. The lowest BCUT2D eigenvalue weighted by Crippen LogP contribution is -2.06. The molecular weight excluding hydrogens is 338 g/mol. The van der Waals surface area contributed by atoms with E-state index in [1.54, 1.807) is 12.1 Å². The van der Waals surface area contributed by atoms with Gasteiger partial charge in [-0.1, -0.05) is 0 Å². The minimum atomic E-state index is -0.774. The molecule has 0 radical (unpaired) electrons. The standard InChI is InChI=1S/C16H16ClNO6/c1-22-14-8-11-7-13(18(20)21)12(16(19)23-2)6-10(11)9-15(14)24-5-3-4-17/h6-9H,3-5H2,1-2H3. The third kappa shape index (κ3) is 3.68. The van der Waals surface area contributed by atoms with Crippen LogP contribution in [-0.2, 0) is 4.74 Å². The molecule has 0 aliphatic rings. The number of hydrogen-bond donors (Lipinski definition) is 0. The second kappa shape index (κ2) is 7.83. The molecule has 0 aromatic heterocycles. The van der Waals surface area contributed by atoms with E-state index in [0.717, 1.165) is 0 Å². The Balaban J connectivity index is 2.59. The Morgan fingerprint density at radius 2 is 1.83 bits per heavy atom. The summed E-state index contributed by atoms with van der Waals surface area (Å²) in [6.45, 7) is 0.405. The maximum absolute atomic E-state index is 11.8. The molecule has 0 fully saturated rings. The smallest absolute Gasteiger partial charge is 0.344 e. The van der Waals surface area contributed by atoms with Gasteiger partial charge in [0, 0.05) is 11.9 Å². The van der Waals surface area contributed by atoms with Gasteiger partial charge in [-0.05, 0) is 35.4 Å². The van der Waals surface area contributed by atoms with Gasteiger partial charge in [0.25, 0.3) is 5.69 Å². The molecule has 0 aliphatic heterocycles. The average Bonchev–Trinajstić information content (AvgIpc) is 2.59. The Hall–Kier alpha value is -2.54. The van der Waals surface area contributed by atoms with E-state index < -0.39 is 10.9 Å². The van der Waals surface area contributed by atoms with Crippen LogP contribution in [-0.4, -0.2) is 37.6 Å². The normalized spacial score (nSPS) is 10.5. The molecular formula is C16H16ClNO6. The lowest BCUT2D eigenvalue weighted by Gasteiger charge is -2.12. The van der Waals surface area contributed by atoms with Crippen LogP contribution in [0.1, 0.15) is 16.8 Å². The summed E-state index contributed by atoms with van der Waals surface area (Å²) in [5, 5.41) is 12.4. The zero-order chi connectivity index (χ0) is 17.7. The number of carbonyl (C=O) groups is 1. The number of nitrogens with zero attached hydrogens (tertiary/aromatic N) is 1. The zero-order valence-electron chi connectivity index (χ0n) is 13.2.